The fourth-order valence-corrected chi connectivity index (χ4v) is 2.27. The summed E-state index contributed by atoms with van der Waals surface area (Å²) in [5.74, 6) is -0.132. The fraction of sp³-hybridized carbons (Fsp3) is 0.0714. The second-order valence-electron chi connectivity index (χ2n) is 3.94. The van der Waals surface area contributed by atoms with Crippen molar-refractivity contribution in [3.8, 4) is 12.1 Å². The maximum absolute atomic E-state index is 10.9. The quantitative estimate of drug-likeness (QED) is 0.932. The first-order valence-electron chi connectivity index (χ1n) is 5.85. The minimum absolute atomic E-state index is 0.0115. The maximum Gasteiger partial charge on any atom is 0.221 e. The van der Waals surface area contributed by atoms with Gasteiger partial charge < -0.3 is 5.32 Å². The van der Waals surface area contributed by atoms with Crippen LogP contribution in [0.5, 0.6) is 0 Å². The predicted octanol–water partition coefficient (Wildman–Crippen LogP) is 2.33. The number of rotatable bonds is 3. The third-order valence-corrected chi connectivity index (χ3v) is 3.27. The molecule has 0 saturated heterocycles. The first-order valence-corrected chi connectivity index (χ1v) is 6.67. The van der Waals surface area contributed by atoms with E-state index >= 15 is 0 Å². The summed E-state index contributed by atoms with van der Waals surface area (Å²) < 4.78 is 0. The van der Waals surface area contributed by atoms with E-state index in [0.29, 0.717) is 10.7 Å². The van der Waals surface area contributed by atoms with Crippen molar-refractivity contribution >= 4 is 23.4 Å². The standard InChI is InChI=1S/C14H9N5OS/c1-9(20)18-10-2-4-11(5-3-10)21-14-8-17-12(6-15)13(7-16)19-14/h2-5,8H,1H3,(H,18,20). The summed E-state index contributed by atoms with van der Waals surface area (Å²) >= 11 is 1.32. The number of nitrogens with one attached hydrogen (secondary N) is 1. The molecule has 1 amide bonds. The van der Waals surface area contributed by atoms with Crippen molar-refractivity contribution in [1.82, 2.24) is 9.97 Å². The monoisotopic (exact) mass is 295 g/mol. The Kier molecular flexibility index (Phi) is 4.50. The largest absolute Gasteiger partial charge is 0.326 e. The molecule has 102 valence electrons. The molecule has 0 unspecified atom stereocenters. The van der Waals surface area contributed by atoms with Crippen LogP contribution < -0.4 is 5.32 Å². The maximum atomic E-state index is 10.9. The molecule has 2 aromatic rings. The lowest BCUT2D eigenvalue weighted by atomic mass is 10.3. The van der Waals surface area contributed by atoms with Gasteiger partial charge in [-0.25, -0.2) is 9.97 Å². The average Bonchev–Trinajstić information content (AvgIpc) is 2.48. The van der Waals surface area contributed by atoms with E-state index in [0.717, 1.165) is 4.90 Å². The van der Waals surface area contributed by atoms with E-state index in [4.69, 9.17) is 10.5 Å². The number of benzene rings is 1. The van der Waals surface area contributed by atoms with E-state index in [2.05, 4.69) is 15.3 Å². The van der Waals surface area contributed by atoms with Crippen LogP contribution in [0.1, 0.15) is 18.3 Å². The fourth-order valence-electron chi connectivity index (χ4n) is 1.51. The SMILES string of the molecule is CC(=O)Nc1ccc(Sc2cnc(C#N)c(C#N)n2)cc1. The topological polar surface area (TPSA) is 102 Å². The summed E-state index contributed by atoms with van der Waals surface area (Å²) in [6.07, 6.45) is 1.45. The third kappa shape index (κ3) is 3.78. The first-order chi connectivity index (χ1) is 10.1. The van der Waals surface area contributed by atoms with E-state index < -0.39 is 0 Å². The Morgan fingerprint density at radius 2 is 1.86 bits per heavy atom. The molecule has 0 spiro atoms. The number of aromatic nitrogens is 2. The van der Waals surface area contributed by atoms with Crippen LogP contribution in [0.15, 0.2) is 40.4 Å². The predicted molar refractivity (Wildman–Crippen MR) is 76.3 cm³/mol. The molecule has 0 saturated carbocycles. The van der Waals surface area contributed by atoms with E-state index in [-0.39, 0.29) is 17.3 Å². The summed E-state index contributed by atoms with van der Waals surface area (Å²) in [6, 6.07) is 10.8. The van der Waals surface area contributed by atoms with Crippen LogP contribution in [0.4, 0.5) is 5.69 Å². The number of anilines is 1. The van der Waals surface area contributed by atoms with Crippen LogP contribution in [-0.2, 0) is 4.79 Å². The van der Waals surface area contributed by atoms with Gasteiger partial charge in [0.05, 0.1) is 6.20 Å². The number of amides is 1. The van der Waals surface area contributed by atoms with Crippen molar-refractivity contribution in [1.29, 1.82) is 10.5 Å². The van der Waals surface area contributed by atoms with E-state index in [1.54, 1.807) is 12.1 Å². The van der Waals surface area contributed by atoms with Gasteiger partial charge in [-0.1, -0.05) is 11.8 Å². The highest BCUT2D eigenvalue weighted by atomic mass is 32.2. The number of carbonyl (C=O) groups is 1. The summed E-state index contributed by atoms with van der Waals surface area (Å²) in [7, 11) is 0. The molecule has 0 aliphatic rings. The molecular weight excluding hydrogens is 286 g/mol. The molecule has 0 aliphatic heterocycles. The molecule has 7 heteroatoms. The normalized spacial score (nSPS) is 9.48. The van der Waals surface area contributed by atoms with Gasteiger partial charge in [0.1, 0.15) is 17.2 Å². The van der Waals surface area contributed by atoms with Crippen LogP contribution in [-0.4, -0.2) is 15.9 Å². The molecule has 2 rings (SSSR count). The summed E-state index contributed by atoms with van der Waals surface area (Å²) in [6.45, 7) is 1.44. The lowest BCUT2D eigenvalue weighted by molar-refractivity contribution is -0.114. The summed E-state index contributed by atoms with van der Waals surface area (Å²) in [4.78, 5) is 19.8. The first kappa shape index (κ1) is 14.5. The highest BCUT2D eigenvalue weighted by Crippen LogP contribution is 2.27. The number of hydrogen-bond acceptors (Lipinski definition) is 6. The summed E-state index contributed by atoms with van der Waals surface area (Å²) in [5.41, 5.74) is 0.732. The van der Waals surface area contributed by atoms with Crippen molar-refractivity contribution in [3.05, 3.63) is 41.9 Å². The molecular formula is C14H9N5OS. The summed E-state index contributed by atoms with van der Waals surface area (Å²) in [5, 5.41) is 20.9. The average molecular weight is 295 g/mol. The van der Waals surface area contributed by atoms with Crippen molar-refractivity contribution in [3.63, 3.8) is 0 Å². The van der Waals surface area contributed by atoms with E-state index in [1.165, 1.54) is 24.9 Å². The van der Waals surface area contributed by atoms with Gasteiger partial charge >= 0.3 is 0 Å². The van der Waals surface area contributed by atoms with Crippen LogP contribution in [0, 0.1) is 22.7 Å². The smallest absolute Gasteiger partial charge is 0.221 e. The lowest BCUT2D eigenvalue weighted by Crippen LogP contribution is -2.05. The number of nitriles is 2. The molecule has 0 atom stereocenters. The third-order valence-electron chi connectivity index (χ3n) is 2.36. The van der Waals surface area contributed by atoms with Crippen molar-refractivity contribution < 1.29 is 4.79 Å². The molecule has 0 radical (unpaired) electrons. The number of hydrogen-bond donors (Lipinski definition) is 1. The highest BCUT2D eigenvalue weighted by Gasteiger charge is 2.07. The molecule has 1 heterocycles. The molecule has 1 aromatic carbocycles. The minimum atomic E-state index is -0.132. The van der Waals surface area contributed by atoms with Gasteiger partial charge in [0.25, 0.3) is 0 Å². The van der Waals surface area contributed by atoms with Gasteiger partial charge in [0, 0.05) is 17.5 Å². The van der Waals surface area contributed by atoms with Gasteiger partial charge in [-0.15, -0.1) is 0 Å². The van der Waals surface area contributed by atoms with Crippen LogP contribution in [0.2, 0.25) is 0 Å². The van der Waals surface area contributed by atoms with Crippen molar-refractivity contribution in [2.45, 2.75) is 16.8 Å². The Labute approximate surface area is 125 Å². The minimum Gasteiger partial charge on any atom is -0.326 e. The van der Waals surface area contributed by atoms with E-state index in [1.807, 2.05) is 24.3 Å². The highest BCUT2D eigenvalue weighted by molar-refractivity contribution is 7.99. The van der Waals surface area contributed by atoms with Crippen LogP contribution >= 0.6 is 11.8 Å². The molecule has 0 fully saturated rings. The lowest BCUT2D eigenvalue weighted by Gasteiger charge is -2.04. The van der Waals surface area contributed by atoms with Gasteiger partial charge in [-0.05, 0) is 24.3 Å². The van der Waals surface area contributed by atoms with Crippen LogP contribution in [0.3, 0.4) is 0 Å². The number of nitrogens with zero attached hydrogens (tertiary/aromatic N) is 4. The van der Waals surface area contributed by atoms with Gasteiger partial charge in [-0.3, -0.25) is 4.79 Å². The molecule has 6 nitrogen and oxygen atoms in total. The number of carbonyl (C=O) groups excluding carboxylic acids is 1. The van der Waals surface area contributed by atoms with Crippen molar-refractivity contribution in [2.24, 2.45) is 0 Å². The van der Waals surface area contributed by atoms with Crippen LogP contribution in [0.25, 0.3) is 0 Å². The molecule has 1 N–H and O–H groups in total. The Bertz CT molecular complexity index is 758. The zero-order chi connectivity index (χ0) is 15.2. The van der Waals surface area contributed by atoms with E-state index in [9.17, 15) is 4.79 Å². The Balaban J connectivity index is 2.17. The Morgan fingerprint density at radius 1 is 1.19 bits per heavy atom. The second kappa shape index (κ2) is 6.51. The second-order valence-corrected chi connectivity index (χ2v) is 5.03. The van der Waals surface area contributed by atoms with Gasteiger partial charge in [-0.2, -0.15) is 10.5 Å². The van der Waals surface area contributed by atoms with Crippen molar-refractivity contribution in [2.75, 3.05) is 5.32 Å². The molecule has 1 aromatic heterocycles. The Hall–Kier alpha value is -2.90. The molecule has 0 aliphatic carbocycles. The molecule has 21 heavy (non-hydrogen) atoms. The zero-order valence-electron chi connectivity index (χ0n) is 11.0. The molecule has 0 bridgehead atoms. The van der Waals surface area contributed by atoms with Gasteiger partial charge in [0.2, 0.25) is 5.91 Å². The van der Waals surface area contributed by atoms with Gasteiger partial charge in [0.15, 0.2) is 11.4 Å². The Morgan fingerprint density at radius 3 is 2.43 bits per heavy atom. The zero-order valence-corrected chi connectivity index (χ0v) is 11.8.